The van der Waals surface area contributed by atoms with Gasteiger partial charge in [-0.1, -0.05) is 170 Å². The van der Waals surface area contributed by atoms with Crippen LogP contribution in [0.2, 0.25) is 0 Å². The van der Waals surface area contributed by atoms with Crippen LogP contribution in [0.25, 0.3) is 54.6 Å². The van der Waals surface area contributed by atoms with Crippen molar-refractivity contribution in [2.45, 2.75) is 12.5 Å². The van der Waals surface area contributed by atoms with Crippen LogP contribution in [0.1, 0.15) is 22.3 Å². The van der Waals surface area contributed by atoms with Crippen molar-refractivity contribution < 1.29 is 0 Å². The lowest BCUT2D eigenvalue weighted by molar-refractivity contribution is 0.927. The molecule has 1 atom stereocenters. The topological polar surface area (TPSA) is 19.4 Å². The Kier molecular flexibility index (Phi) is 8.64. The Bertz CT molecular complexity index is 3370. The van der Waals surface area contributed by atoms with Crippen LogP contribution in [0.15, 0.2) is 231 Å². The fourth-order valence-corrected chi connectivity index (χ4v) is 10.0. The van der Waals surface area contributed by atoms with E-state index in [-0.39, 0.29) is 6.04 Å². The fraction of sp³-hybridized carbons (Fsp3) is 0.0339. The molecule has 292 valence electrons. The maximum atomic E-state index is 5.08. The number of anilines is 5. The largest absolute Gasteiger partial charge is 0.315 e. The highest BCUT2D eigenvalue weighted by molar-refractivity contribution is 6.15. The van der Waals surface area contributed by atoms with Gasteiger partial charge in [-0.3, -0.25) is 0 Å². The van der Waals surface area contributed by atoms with Crippen molar-refractivity contribution in [1.82, 2.24) is 4.98 Å². The molecule has 0 radical (unpaired) electrons. The number of aromatic nitrogens is 1. The van der Waals surface area contributed by atoms with Gasteiger partial charge in [0, 0.05) is 28.3 Å². The number of nitrogens with zero attached hydrogens (tertiary/aromatic N) is 3. The third-order valence-electron chi connectivity index (χ3n) is 12.8. The van der Waals surface area contributed by atoms with Gasteiger partial charge >= 0.3 is 0 Å². The van der Waals surface area contributed by atoms with Gasteiger partial charge in [-0.25, -0.2) is 4.98 Å². The first-order valence-corrected chi connectivity index (χ1v) is 21.5. The summed E-state index contributed by atoms with van der Waals surface area (Å²) in [6.07, 6.45) is 7.71. The van der Waals surface area contributed by atoms with E-state index in [1.807, 2.05) is 12.3 Å². The summed E-state index contributed by atoms with van der Waals surface area (Å²) in [4.78, 5) is 10.0. The lowest BCUT2D eigenvalue weighted by atomic mass is 9.73. The van der Waals surface area contributed by atoms with Crippen molar-refractivity contribution >= 4 is 72.0 Å². The smallest absolute Gasteiger partial charge is 0.133 e. The van der Waals surface area contributed by atoms with Crippen molar-refractivity contribution in [1.29, 1.82) is 0 Å². The van der Waals surface area contributed by atoms with Crippen molar-refractivity contribution in [2.75, 3.05) is 9.80 Å². The van der Waals surface area contributed by atoms with E-state index in [2.05, 4.69) is 228 Å². The number of fused-ring (bicyclic) bond motifs is 2. The highest BCUT2D eigenvalue weighted by Gasteiger charge is 2.36. The number of rotatable bonds is 8. The molecule has 0 spiro atoms. The first-order valence-electron chi connectivity index (χ1n) is 21.5. The van der Waals surface area contributed by atoms with Crippen LogP contribution in [-0.4, -0.2) is 11.0 Å². The molecule has 10 aromatic rings. The molecule has 0 aliphatic heterocycles. The van der Waals surface area contributed by atoms with Crippen molar-refractivity contribution in [3.8, 4) is 11.1 Å². The lowest BCUT2D eigenvalue weighted by Gasteiger charge is -2.40. The van der Waals surface area contributed by atoms with Gasteiger partial charge in [0.25, 0.3) is 0 Å². The zero-order valence-corrected chi connectivity index (χ0v) is 34.1. The number of pyridine rings is 1. The summed E-state index contributed by atoms with van der Waals surface area (Å²) in [5, 5.41) is 7.36. The lowest BCUT2D eigenvalue weighted by Crippen LogP contribution is -2.34. The Labute approximate surface area is 361 Å². The molecule has 1 aromatic heterocycles. The third kappa shape index (κ3) is 5.93. The summed E-state index contributed by atoms with van der Waals surface area (Å²) < 4.78 is 0. The second-order valence-corrected chi connectivity index (χ2v) is 16.2. The average Bonchev–Trinajstić information content (AvgIpc) is 3.35. The highest BCUT2D eigenvalue weighted by Crippen LogP contribution is 2.53. The molecule has 0 amide bonds. The van der Waals surface area contributed by atoms with Crippen LogP contribution in [-0.2, 0) is 6.42 Å². The summed E-state index contributed by atoms with van der Waals surface area (Å²) >= 11 is 0. The number of hydrogen-bond acceptors (Lipinski definition) is 3. The summed E-state index contributed by atoms with van der Waals surface area (Å²) in [6, 6.07) is 76.9. The van der Waals surface area contributed by atoms with Gasteiger partial charge < -0.3 is 9.80 Å². The Balaban J connectivity index is 1.18. The number of para-hydroxylation sites is 1. The molecule has 12 rings (SSSR count). The van der Waals surface area contributed by atoms with Crippen LogP contribution >= 0.6 is 0 Å². The second kappa shape index (κ2) is 14.9. The van der Waals surface area contributed by atoms with Gasteiger partial charge in [-0.15, -0.1) is 0 Å². The summed E-state index contributed by atoms with van der Waals surface area (Å²) in [5.74, 6) is 0.908. The standard InChI is InChI=1S/C59H41N3/c1-4-18-42(19-5-1)52-38-55(61(45-25-8-3-9-26-45)46-31-30-40-17-10-11-23-44(40)37-46)50-34-32-49-53(43-20-6-2-7-21-43)39-56(51-35-33-48(52)58(50)59(49)51)62(57-29-14-15-36-60-57)54-28-16-24-41-22-12-13-27-47(41)54/h1-32,34-39,56H,33H2. The molecule has 1 unspecified atom stereocenters. The van der Waals surface area contributed by atoms with Gasteiger partial charge in [-0.05, 0) is 127 Å². The van der Waals surface area contributed by atoms with E-state index in [1.54, 1.807) is 0 Å². The minimum Gasteiger partial charge on any atom is -0.315 e. The zero-order valence-electron chi connectivity index (χ0n) is 34.1. The van der Waals surface area contributed by atoms with E-state index in [1.165, 1.54) is 76.8 Å². The molecule has 3 heteroatoms. The van der Waals surface area contributed by atoms with Gasteiger partial charge in [-0.2, -0.15) is 0 Å². The van der Waals surface area contributed by atoms with E-state index in [4.69, 9.17) is 4.98 Å². The molecule has 1 heterocycles. The molecule has 2 aliphatic rings. The maximum Gasteiger partial charge on any atom is 0.133 e. The van der Waals surface area contributed by atoms with E-state index >= 15 is 0 Å². The predicted molar refractivity (Wildman–Crippen MR) is 261 cm³/mol. The minimum atomic E-state index is -0.160. The van der Waals surface area contributed by atoms with Gasteiger partial charge in [0.05, 0.1) is 17.4 Å². The maximum absolute atomic E-state index is 5.08. The molecule has 9 aromatic carbocycles. The first-order chi connectivity index (χ1) is 30.8. The quantitative estimate of drug-likeness (QED) is 0.153. The highest BCUT2D eigenvalue weighted by atomic mass is 15.2. The Morgan fingerprint density at radius 1 is 0.468 bits per heavy atom. The summed E-state index contributed by atoms with van der Waals surface area (Å²) in [7, 11) is 0. The molecular weight excluding hydrogens is 751 g/mol. The summed E-state index contributed by atoms with van der Waals surface area (Å²) in [5.41, 5.74) is 14.6. The van der Waals surface area contributed by atoms with Crippen LogP contribution in [0.3, 0.4) is 0 Å². The molecule has 0 N–H and O–H groups in total. The van der Waals surface area contributed by atoms with E-state index in [0.29, 0.717) is 0 Å². The Morgan fingerprint density at radius 3 is 1.95 bits per heavy atom. The van der Waals surface area contributed by atoms with Crippen molar-refractivity contribution in [3.05, 3.63) is 253 Å². The van der Waals surface area contributed by atoms with Gasteiger partial charge in [0.1, 0.15) is 5.82 Å². The van der Waals surface area contributed by atoms with E-state index in [0.717, 1.165) is 35.0 Å². The van der Waals surface area contributed by atoms with Gasteiger partial charge in [0.15, 0.2) is 0 Å². The monoisotopic (exact) mass is 791 g/mol. The number of allylic oxidation sites excluding steroid dienone is 1. The number of benzene rings is 9. The molecular formula is C59H41N3. The molecule has 0 saturated carbocycles. The average molecular weight is 792 g/mol. The van der Waals surface area contributed by atoms with E-state index in [9.17, 15) is 0 Å². The SMILES string of the molecule is C1=C(c2ccccc2)c2ccc3c(N(c4ccccc4)c4ccc5ccccc5c4)cc(-c4ccccc4)c4c3c2C(=CC4)C1N(c1ccccn1)c1cccc2ccccc12. The molecule has 0 saturated heterocycles. The first kappa shape index (κ1) is 35.9. The molecule has 0 fully saturated rings. The Hall–Kier alpha value is -8.01. The molecule has 0 bridgehead atoms. The zero-order chi connectivity index (χ0) is 41.0. The van der Waals surface area contributed by atoms with Crippen LogP contribution in [0, 0.1) is 0 Å². The predicted octanol–water partition coefficient (Wildman–Crippen LogP) is 15.3. The minimum absolute atomic E-state index is 0.160. The van der Waals surface area contributed by atoms with Crippen LogP contribution in [0.5, 0.6) is 0 Å². The summed E-state index contributed by atoms with van der Waals surface area (Å²) in [6.45, 7) is 0. The van der Waals surface area contributed by atoms with Crippen LogP contribution in [0.4, 0.5) is 28.6 Å². The van der Waals surface area contributed by atoms with Crippen molar-refractivity contribution in [2.24, 2.45) is 0 Å². The number of hydrogen-bond donors (Lipinski definition) is 0. The van der Waals surface area contributed by atoms with Crippen molar-refractivity contribution in [3.63, 3.8) is 0 Å². The third-order valence-corrected chi connectivity index (χ3v) is 12.8. The fourth-order valence-electron chi connectivity index (χ4n) is 10.0. The second-order valence-electron chi connectivity index (χ2n) is 16.2. The molecule has 62 heavy (non-hydrogen) atoms. The van der Waals surface area contributed by atoms with Crippen LogP contribution < -0.4 is 9.80 Å². The molecule has 2 aliphatic carbocycles. The normalized spacial score (nSPS) is 14.1. The Morgan fingerprint density at radius 2 is 1.16 bits per heavy atom. The van der Waals surface area contributed by atoms with E-state index < -0.39 is 0 Å². The molecule has 3 nitrogen and oxygen atoms in total. The van der Waals surface area contributed by atoms with Gasteiger partial charge in [0.2, 0.25) is 0 Å².